The molecule has 0 saturated heterocycles. The quantitative estimate of drug-likeness (QED) is 0.835. The van der Waals surface area contributed by atoms with Crippen molar-refractivity contribution in [3.8, 4) is 0 Å². The van der Waals surface area contributed by atoms with Crippen LogP contribution >= 0.6 is 0 Å². The van der Waals surface area contributed by atoms with Gasteiger partial charge in [-0.1, -0.05) is 0 Å². The van der Waals surface area contributed by atoms with E-state index in [-0.39, 0.29) is 5.69 Å². The number of nitrogens with two attached hydrogens (primary N) is 1. The first-order valence-corrected chi connectivity index (χ1v) is 7.88. The Morgan fingerprint density at radius 3 is 2.35 bits per heavy atom. The number of hydrogen-bond acceptors (Lipinski definition) is 4. The molecule has 0 aromatic heterocycles. The van der Waals surface area contributed by atoms with Gasteiger partial charge >= 0.3 is 0 Å². The summed E-state index contributed by atoms with van der Waals surface area (Å²) in [7, 11) is -4.07. The third-order valence-corrected chi connectivity index (χ3v) is 5.23. The molecule has 0 radical (unpaired) electrons. The number of sulfone groups is 1. The van der Waals surface area contributed by atoms with Crippen molar-refractivity contribution in [3.63, 3.8) is 0 Å². The summed E-state index contributed by atoms with van der Waals surface area (Å²) in [5.41, 5.74) is 5.52. The van der Waals surface area contributed by atoms with Crippen molar-refractivity contribution in [1.29, 1.82) is 0 Å². The summed E-state index contributed by atoms with van der Waals surface area (Å²) in [6.07, 6.45) is 0. The third kappa shape index (κ3) is 3.09. The first-order chi connectivity index (χ1) is 9.25. The molecule has 0 saturated carbocycles. The zero-order valence-corrected chi connectivity index (χ0v) is 12.6. The minimum absolute atomic E-state index is 0.129. The molecule has 112 valence electrons. The third-order valence-electron chi connectivity index (χ3n) is 3.15. The van der Waals surface area contributed by atoms with Gasteiger partial charge in [0.05, 0.1) is 0 Å². The molecule has 1 aromatic carbocycles. The fourth-order valence-electron chi connectivity index (χ4n) is 1.86. The number of anilines is 1. The molecular weight excluding hydrogens is 283 g/mol. The number of nitrogens with zero attached hydrogens (tertiary/aromatic N) is 1. The van der Waals surface area contributed by atoms with Crippen molar-refractivity contribution >= 4 is 21.4 Å². The highest BCUT2D eigenvalue weighted by molar-refractivity contribution is 7.92. The summed E-state index contributed by atoms with van der Waals surface area (Å²) in [6.45, 7) is 5.58. The van der Waals surface area contributed by atoms with Gasteiger partial charge in [-0.15, -0.1) is 0 Å². The van der Waals surface area contributed by atoms with Crippen LogP contribution in [0, 0.1) is 5.82 Å². The van der Waals surface area contributed by atoms with Crippen LogP contribution in [0.25, 0.3) is 0 Å². The van der Waals surface area contributed by atoms with Crippen LogP contribution in [0.3, 0.4) is 0 Å². The smallest absolute Gasteiger partial charge is 0.240 e. The van der Waals surface area contributed by atoms with Gasteiger partial charge in [0, 0.05) is 18.8 Å². The summed E-state index contributed by atoms with van der Waals surface area (Å²) in [5.74, 6) is -1.48. The minimum atomic E-state index is -4.07. The van der Waals surface area contributed by atoms with Crippen LogP contribution in [0.1, 0.15) is 20.8 Å². The Balaban J connectivity index is 3.19. The van der Waals surface area contributed by atoms with Gasteiger partial charge in [0.15, 0.2) is 9.84 Å². The van der Waals surface area contributed by atoms with E-state index in [0.29, 0.717) is 13.1 Å². The second-order valence-corrected chi connectivity index (χ2v) is 6.62. The van der Waals surface area contributed by atoms with E-state index in [4.69, 9.17) is 5.73 Å². The van der Waals surface area contributed by atoms with Crippen LogP contribution < -0.4 is 5.73 Å². The average Bonchev–Trinajstić information content (AvgIpc) is 2.38. The highest BCUT2D eigenvalue weighted by Crippen LogP contribution is 2.22. The van der Waals surface area contributed by atoms with Gasteiger partial charge in [-0.25, -0.2) is 12.8 Å². The molecule has 1 unspecified atom stereocenters. The van der Waals surface area contributed by atoms with E-state index in [1.165, 1.54) is 17.9 Å². The molecule has 2 N–H and O–H groups in total. The lowest BCUT2D eigenvalue weighted by Gasteiger charge is -2.23. The van der Waals surface area contributed by atoms with Crippen LogP contribution in [0.4, 0.5) is 10.1 Å². The number of rotatable bonds is 5. The Morgan fingerprint density at radius 1 is 1.35 bits per heavy atom. The fraction of sp³-hybridized carbons (Fsp3) is 0.462. The number of benzene rings is 1. The van der Waals surface area contributed by atoms with Crippen LogP contribution in [-0.2, 0) is 14.6 Å². The van der Waals surface area contributed by atoms with Gasteiger partial charge in [0.2, 0.25) is 5.91 Å². The number of hydrogen-bond donors (Lipinski definition) is 1. The molecule has 0 aliphatic heterocycles. The maximum Gasteiger partial charge on any atom is 0.240 e. The number of carbonyl (C=O) groups excluding carboxylic acids is 1. The Bertz CT molecular complexity index is 598. The van der Waals surface area contributed by atoms with E-state index < -0.39 is 31.7 Å². The monoisotopic (exact) mass is 302 g/mol. The lowest BCUT2D eigenvalue weighted by Crippen LogP contribution is -2.41. The zero-order chi connectivity index (χ0) is 15.5. The molecule has 5 nitrogen and oxygen atoms in total. The van der Waals surface area contributed by atoms with E-state index in [0.717, 1.165) is 12.1 Å². The topological polar surface area (TPSA) is 80.5 Å². The van der Waals surface area contributed by atoms with Gasteiger partial charge in [0.25, 0.3) is 0 Å². The number of nitrogen functional groups attached to an aromatic ring is 1. The molecule has 0 fully saturated rings. The molecule has 0 aliphatic carbocycles. The number of carbonyl (C=O) groups is 1. The molecule has 0 bridgehead atoms. The van der Waals surface area contributed by atoms with Crippen molar-refractivity contribution in [2.45, 2.75) is 30.9 Å². The first-order valence-electron chi connectivity index (χ1n) is 6.33. The molecule has 20 heavy (non-hydrogen) atoms. The highest BCUT2D eigenvalue weighted by atomic mass is 32.2. The maximum atomic E-state index is 13.8. The normalized spacial score (nSPS) is 13.0. The van der Waals surface area contributed by atoms with Gasteiger partial charge in [-0.05, 0) is 39.0 Å². The van der Waals surface area contributed by atoms with E-state index in [1.807, 2.05) is 0 Å². The second-order valence-electron chi connectivity index (χ2n) is 4.39. The highest BCUT2D eigenvalue weighted by Gasteiger charge is 2.33. The second kappa shape index (κ2) is 6.21. The van der Waals surface area contributed by atoms with Crippen molar-refractivity contribution < 1.29 is 17.6 Å². The summed E-state index contributed by atoms with van der Waals surface area (Å²) < 4.78 is 38.4. The molecule has 0 spiro atoms. The Labute approximate surface area is 118 Å². The predicted molar refractivity (Wildman–Crippen MR) is 75.4 cm³/mol. The summed E-state index contributed by atoms with van der Waals surface area (Å²) in [6, 6.07) is 3.32. The molecular formula is C13H19FN2O3S. The van der Waals surface area contributed by atoms with E-state index in [2.05, 4.69) is 0 Å². The van der Waals surface area contributed by atoms with Crippen molar-refractivity contribution in [1.82, 2.24) is 4.90 Å². The SMILES string of the molecule is CCN(CC)C(=O)C(C)S(=O)(=O)c1ccc(N)cc1F. The standard InChI is InChI=1S/C13H19FN2O3S/c1-4-16(5-2)13(17)9(3)20(18,19)12-7-6-10(15)8-11(12)14/h6-9H,4-5,15H2,1-3H3. The van der Waals surface area contributed by atoms with Gasteiger partial charge in [-0.2, -0.15) is 0 Å². The minimum Gasteiger partial charge on any atom is -0.399 e. The summed E-state index contributed by atoms with van der Waals surface area (Å²) in [4.78, 5) is 13.0. The van der Waals surface area contributed by atoms with Crippen LogP contribution in [0.2, 0.25) is 0 Å². The van der Waals surface area contributed by atoms with Gasteiger partial charge < -0.3 is 10.6 Å². The number of halogens is 1. The van der Waals surface area contributed by atoms with Crippen molar-refractivity contribution in [2.75, 3.05) is 18.8 Å². The average molecular weight is 302 g/mol. The predicted octanol–water partition coefficient (Wildman–Crippen LogP) is 1.44. The lowest BCUT2D eigenvalue weighted by atomic mass is 10.3. The van der Waals surface area contributed by atoms with E-state index in [9.17, 15) is 17.6 Å². The number of amides is 1. The molecule has 1 rings (SSSR count). The first kappa shape index (κ1) is 16.4. The Hall–Kier alpha value is -1.63. The van der Waals surface area contributed by atoms with Crippen LogP contribution in [0.15, 0.2) is 23.1 Å². The lowest BCUT2D eigenvalue weighted by molar-refractivity contribution is -0.130. The molecule has 0 aliphatic rings. The van der Waals surface area contributed by atoms with Crippen molar-refractivity contribution in [3.05, 3.63) is 24.0 Å². The molecule has 0 heterocycles. The van der Waals surface area contributed by atoms with Crippen LogP contribution in [-0.4, -0.2) is 37.6 Å². The Kier molecular flexibility index (Phi) is 5.10. The van der Waals surface area contributed by atoms with Crippen LogP contribution in [0.5, 0.6) is 0 Å². The van der Waals surface area contributed by atoms with Gasteiger partial charge in [0.1, 0.15) is 16.0 Å². The molecule has 1 atom stereocenters. The van der Waals surface area contributed by atoms with E-state index >= 15 is 0 Å². The molecule has 7 heteroatoms. The largest absolute Gasteiger partial charge is 0.399 e. The van der Waals surface area contributed by atoms with Gasteiger partial charge in [-0.3, -0.25) is 4.79 Å². The van der Waals surface area contributed by atoms with Crippen molar-refractivity contribution in [2.24, 2.45) is 0 Å². The zero-order valence-electron chi connectivity index (χ0n) is 11.8. The molecule has 1 aromatic rings. The fourth-order valence-corrected chi connectivity index (χ4v) is 3.25. The Morgan fingerprint density at radius 2 is 1.90 bits per heavy atom. The summed E-state index contributed by atoms with van der Waals surface area (Å²) in [5, 5.41) is -1.33. The van der Waals surface area contributed by atoms with E-state index in [1.54, 1.807) is 13.8 Å². The summed E-state index contributed by atoms with van der Waals surface area (Å²) >= 11 is 0. The maximum absolute atomic E-state index is 13.8. The molecule has 1 amide bonds.